The maximum absolute atomic E-state index is 12.7. The van der Waals surface area contributed by atoms with E-state index < -0.39 is 5.79 Å². The van der Waals surface area contributed by atoms with E-state index in [1.165, 1.54) is 5.56 Å². The van der Waals surface area contributed by atoms with Crippen LogP contribution in [0.3, 0.4) is 0 Å². The Hall–Kier alpha value is -0.910. The number of nitrogens with zero attached hydrogens (tertiary/aromatic N) is 1. The maximum atomic E-state index is 12.7. The van der Waals surface area contributed by atoms with Crippen LogP contribution in [0.2, 0.25) is 0 Å². The number of aryl methyl sites for hydroxylation is 1. The number of benzene rings is 1. The summed E-state index contributed by atoms with van der Waals surface area (Å²) in [5.74, 6) is -1.30. The van der Waals surface area contributed by atoms with Gasteiger partial charge in [-0.25, -0.2) is 0 Å². The second-order valence-corrected chi connectivity index (χ2v) is 5.66. The van der Waals surface area contributed by atoms with Crippen LogP contribution in [0, 0.1) is 13.8 Å². The molecule has 0 unspecified atom stereocenters. The predicted molar refractivity (Wildman–Crippen MR) is 75.6 cm³/mol. The second kappa shape index (κ2) is 4.58. The Morgan fingerprint density at radius 1 is 1.32 bits per heavy atom. The number of anilines is 1. The van der Waals surface area contributed by atoms with Crippen molar-refractivity contribution in [3.8, 4) is 0 Å². The van der Waals surface area contributed by atoms with E-state index in [2.05, 4.69) is 15.9 Å². The quantitative estimate of drug-likeness (QED) is 0.783. The molecule has 1 aromatic carbocycles. The molecule has 3 rings (SSSR count). The van der Waals surface area contributed by atoms with Crippen LogP contribution in [-0.2, 0) is 20.1 Å². The lowest BCUT2D eigenvalue weighted by atomic mass is 10.0. The van der Waals surface area contributed by atoms with Crippen LogP contribution in [0.1, 0.15) is 16.7 Å². The van der Waals surface area contributed by atoms with Crippen molar-refractivity contribution in [3.63, 3.8) is 0 Å². The number of halogens is 1. The molecule has 5 heteroatoms. The van der Waals surface area contributed by atoms with Crippen molar-refractivity contribution in [2.24, 2.45) is 0 Å². The van der Waals surface area contributed by atoms with Gasteiger partial charge in [-0.15, -0.1) is 0 Å². The molecule has 2 heterocycles. The summed E-state index contributed by atoms with van der Waals surface area (Å²) in [5.41, 5.74) is 4.08. The van der Waals surface area contributed by atoms with E-state index in [-0.39, 0.29) is 5.91 Å². The van der Waals surface area contributed by atoms with Gasteiger partial charge in [-0.3, -0.25) is 4.79 Å². The minimum atomic E-state index is -1.20. The molecule has 0 bridgehead atoms. The van der Waals surface area contributed by atoms with Gasteiger partial charge in [0, 0.05) is 17.4 Å². The lowest BCUT2D eigenvalue weighted by molar-refractivity contribution is -0.180. The first-order valence-corrected chi connectivity index (χ1v) is 7.50. The molecule has 0 aromatic heterocycles. The molecule has 1 saturated heterocycles. The second-order valence-electron chi connectivity index (χ2n) is 4.86. The van der Waals surface area contributed by atoms with Crippen molar-refractivity contribution in [1.29, 1.82) is 0 Å². The minimum absolute atomic E-state index is 0.104. The molecule has 1 spiro atoms. The summed E-state index contributed by atoms with van der Waals surface area (Å²) in [6.45, 7) is 5.62. The number of amides is 1. The summed E-state index contributed by atoms with van der Waals surface area (Å²) < 4.78 is 11.4. The molecule has 1 fully saturated rings. The van der Waals surface area contributed by atoms with Crippen molar-refractivity contribution in [1.82, 2.24) is 0 Å². The van der Waals surface area contributed by atoms with Gasteiger partial charge in [-0.2, -0.15) is 0 Å². The fraction of sp³-hybridized carbons (Fsp3) is 0.500. The van der Waals surface area contributed by atoms with Crippen molar-refractivity contribution < 1.29 is 14.3 Å². The molecule has 4 nitrogen and oxygen atoms in total. The smallest absolute Gasteiger partial charge is 0.292 e. The standard InChI is InChI=1S/C14H16BrNO3/c1-9-3-4-11-12(10(9)2)16(6-5-15)13(17)14(11)18-7-8-19-14/h3-4H,5-8H2,1-2H3. The van der Waals surface area contributed by atoms with Gasteiger partial charge >= 0.3 is 0 Å². The fourth-order valence-corrected chi connectivity index (χ4v) is 3.15. The van der Waals surface area contributed by atoms with Crippen LogP contribution >= 0.6 is 15.9 Å². The lowest BCUT2D eigenvalue weighted by Crippen LogP contribution is -2.42. The number of rotatable bonds is 2. The van der Waals surface area contributed by atoms with Crippen molar-refractivity contribution >= 4 is 27.5 Å². The van der Waals surface area contributed by atoms with E-state index in [9.17, 15) is 4.79 Å². The molecule has 0 atom stereocenters. The highest BCUT2D eigenvalue weighted by Gasteiger charge is 2.56. The Kier molecular flexibility index (Phi) is 3.15. The van der Waals surface area contributed by atoms with Crippen LogP contribution < -0.4 is 4.90 Å². The molecule has 0 N–H and O–H groups in total. The number of carbonyl (C=O) groups excluding carboxylic acids is 1. The summed E-state index contributed by atoms with van der Waals surface area (Å²) in [6, 6.07) is 3.97. The minimum Gasteiger partial charge on any atom is -0.336 e. The highest BCUT2D eigenvalue weighted by atomic mass is 79.9. The Bertz CT molecular complexity index is 538. The van der Waals surface area contributed by atoms with Crippen molar-refractivity contribution in [2.45, 2.75) is 19.6 Å². The average Bonchev–Trinajstić information content (AvgIpc) is 2.96. The molecular weight excluding hydrogens is 310 g/mol. The maximum Gasteiger partial charge on any atom is 0.292 e. The highest BCUT2D eigenvalue weighted by Crippen LogP contribution is 2.47. The van der Waals surface area contributed by atoms with Crippen molar-refractivity contribution in [2.75, 3.05) is 30.0 Å². The highest BCUT2D eigenvalue weighted by molar-refractivity contribution is 9.09. The van der Waals surface area contributed by atoms with Gasteiger partial charge in [0.15, 0.2) is 0 Å². The van der Waals surface area contributed by atoms with E-state index in [1.807, 2.05) is 26.0 Å². The zero-order valence-electron chi connectivity index (χ0n) is 11.0. The monoisotopic (exact) mass is 325 g/mol. The zero-order chi connectivity index (χ0) is 13.6. The van der Waals surface area contributed by atoms with Gasteiger partial charge in [-0.05, 0) is 25.0 Å². The van der Waals surface area contributed by atoms with Gasteiger partial charge in [0.25, 0.3) is 11.7 Å². The number of ether oxygens (including phenoxy) is 2. The summed E-state index contributed by atoms with van der Waals surface area (Å²) in [5, 5.41) is 0.724. The Balaban J connectivity index is 2.21. The predicted octanol–water partition coefficient (Wildman–Crippen LogP) is 2.24. The number of hydrogen-bond donors (Lipinski definition) is 0. The summed E-state index contributed by atoms with van der Waals surface area (Å²) in [7, 11) is 0. The molecular formula is C14H16BrNO3. The summed E-state index contributed by atoms with van der Waals surface area (Å²) in [6.07, 6.45) is 0. The molecule has 0 aliphatic carbocycles. The van der Waals surface area contributed by atoms with Gasteiger partial charge in [-0.1, -0.05) is 28.1 Å². The molecule has 1 amide bonds. The molecule has 19 heavy (non-hydrogen) atoms. The van der Waals surface area contributed by atoms with Crippen molar-refractivity contribution in [3.05, 3.63) is 28.8 Å². The van der Waals surface area contributed by atoms with E-state index in [0.29, 0.717) is 19.8 Å². The number of hydrogen-bond acceptors (Lipinski definition) is 3. The van der Waals surface area contributed by atoms with Crippen LogP contribution in [0.5, 0.6) is 0 Å². The summed E-state index contributed by atoms with van der Waals surface area (Å²) in [4.78, 5) is 14.5. The van der Waals surface area contributed by atoms with Gasteiger partial charge in [0.05, 0.1) is 18.9 Å². The van der Waals surface area contributed by atoms with E-state index in [1.54, 1.807) is 4.90 Å². The number of fused-ring (bicyclic) bond motifs is 2. The Morgan fingerprint density at radius 2 is 2.00 bits per heavy atom. The summed E-state index contributed by atoms with van der Waals surface area (Å²) >= 11 is 3.40. The normalized spacial score (nSPS) is 20.4. The first kappa shape index (κ1) is 13.1. The van der Waals surface area contributed by atoms with E-state index in [0.717, 1.165) is 22.1 Å². The zero-order valence-corrected chi connectivity index (χ0v) is 12.6. The Labute approximate surface area is 120 Å². The SMILES string of the molecule is Cc1ccc2c(c1C)N(CCBr)C(=O)C21OCCO1. The molecule has 2 aliphatic rings. The number of carbonyl (C=O) groups is 1. The molecule has 2 aliphatic heterocycles. The third kappa shape index (κ3) is 1.68. The number of alkyl halides is 1. The third-order valence-corrected chi connectivity index (χ3v) is 4.21. The largest absolute Gasteiger partial charge is 0.336 e. The van der Waals surface area contributed by atoms with Gasteiger partial charge < -0.3 is 14.4 Å². The van der Waals surface area contributed by atoms with Gasteiger partial charge in [0.1, 0.15) is 0 Å². The topological polar surface area (TPSA) is 38.8 Å². The van der Waals surface area contributed by atoms with Crippen LogP contribution in [0.25, 0.3) is 0 Å². The average molecular weight is 326 g/mol. The molecule has 0 radical (unpaired) electrons. The van der Waals surface area contributed by atoms with E-state index >= 15 is 0 Å². The van der Waals surface area contributed by atoms with Crippen LogP contribution in [0.4, 0.5) is 5.69 Å². The Morgan fingerprint density at radius 3 is 2.63 bits per heavy atom. The van der Waals surface area contributed by atoms with Crippen LogP contribution in [-0.4, -0.2) is 31.0 Å². The van der Waals surface area contributed by atoms with Gasteiger partial charge in [0.2, 0.25) is 0 Å². The third-order valence-electron chi connectivity index (χ3n) is 3.86. The molecule has 0 saturated carbocycles. The first-order valence-electron chi connectivity index (χ1n) is 6.38. The lowest BCUT2D eigenvalue weighted by Gasteiger charge is -2.21. The molecule has 102 valence electrons. The molecule has 1 aromatic rings. The first-order chi connectivity index (χ1) is 9.12. The fourth-order valence-electron chi connectivity index (χ4n) is 2.80. The van der Waals surface area contributed by atoms with Crippen LogP contribution in [0.15, 0.2) is 12.1 Å². The van der Waals surface area contributed by atoms with E-state index in [4.69, 9.17) is 9.47 Å².